The van der Waals surface area contributed by atoms with Gasteiger partial charge in [0.1, 0.15) is 24.4 Å². The van der Waals surface area contributed by atoms with Crippen LogP contribution in [0.5, 0.6) is 28.7 Å². The second-order valence-corrected chi connectivity index (χ2v) is 10.8. The van der Waals surface area contributed by atoms with Crippen molar-refractivity contribution < 1.29 is 47.5 Å². The zero-order chi connectivity index (χ0) is 28.3. The number of carbonyl (C=O) groups excluding carboxylic acids is 2. The summed E-state index contributed by atoms with van der Waals surface area (Å²) in [5.41, 5.74) is 2.16. The van der Waals surface area contributed by atoms with Crippen LogP contribution in [-0.4, -0.2) is 64.2 Å². The van der Waals surface area contributed by atoms with Crippen LogP contribution >= 0.6 is 34.8 Å². The van der Waals surface area contributed by atoms with Crippen LogP contribution in [0.3, 0.4) is 0 Å². The number of hydrogen-bond acceptors (Lipinski definition) is 10. The highest BCUT2D eigenvalue weighted by Gasteiger charge is 2.48. The molecule has 1 saturated heterocycles. The van der Waals surface area contributed by atoms with E-state index in [0.29, 0.717) is 40.5 Å². The van der Waals surface area contributed by atoms with E-state index >= 15 is 0 Å². The first-order chi connectivity index (χ1) is 18.6. The maximum Gasteiger partial charge on any atom is 0.407 e. The van der Waals surface area contributed by atoms with Crippen LogP contribution < -0.4 is 29.0 Å². The number of hydrogen-bond donors (Lipinski definition) is 1. The predicted molar refractivity (Wildman–Crippen MR) is 140 cm³/mol. The Kier molecular flexibility index (Phi) is 8.95. The molecule has 0 spiro atoms. The topological polar surface area (TPSA) is 123 Å². The van der Waals surface area contributed by atoms with Gasteiger partial charge in [-0.3, -0.25) is 0 Å². The van der Waals surface area contributed by atoms with Gasteiger partial charge in [0.15, 0.2) is 23.0 Å². The first-order valence-corrected chi connectivity index (χ1v) is 12.7. The molecule has 11 nitrogen and oxygen atoms in total. The molecule has 212 valence electrons. The number of ether oxygens (including phenoxy) is 8. The molecule has 2 unspecified atom stereocenters. The van der Waals surface area contributed by atoms with Crippen LogP contribution in [-0.2, 0) is 20.6 Å². The highest BCUT2D eigenvalue weighted by Crippen LogP contribution is 2.59. The number of benzene rings is 2. The molecule has 2 aliphatic heterocycles. The Labute approximate surface area is 239 Å². The standard InChI is InChI=1S/C25H26Cl3NO10/c1-32-14-6-5-13(17(19(14)33-2)23(30)35-4)18-22(39-18)16-12(7-8-29-24(31)36-10-25(26,27)28)9-15-20(21(16)34-3)38-11-37-15/h5-6,9,18,22H,7-8,10-11H2,1-4H3,(H,29,31). The molecule has 2 aromatic carbocycles. The number of halogens is 3. The molecule has 0 saturated carbocycles. The van der Waals surface area contributed by atoms with Crippen LogP contribution in [0.25, 0.3) is 0 Å². The first kappa shape index (κ1) is 29.0. The molecule has 0 aromatic heterocycles. The third-order valence-electron chi connectivity index (χ3n) is 6.03. The van der Waals surface area contributed by atoms with Crippen molar-refractivity contribution in [1.29, 1.82) is 0 Å². The summed E-state index contributed by atoms with van der Waals surface area (Å²) in [6, 6.07) is 5.20. The minimum Gasteiger partial charge on any atom is -0.493 e. The number of methoxy groups -OCH3 is 4. The summed E-state index contributed by atoms with van der Waals surface area (Å²) in [5.74, 6) is 1.33. The lowest BCUT2D eigenvalue weighted by atomic mass is 9.93. The van der Waals surface area contributed by atoms with Crippen molar-refractivity contribution in [1.82, 2.24) is 5.32 Å². The summed E-state index contributed by atoms with van der Waals surface area (Å²) < 4.78 is 42.1. The van der Waals surface area contributed by atoms with Gasteiger partial charge in [0, 0.05) is 17.7 Å². The molecular formula is C25H26Cl3NO10. The number of carbonyl (C=O) groups is 2. The number of rotatable bonds is 10. The van der Waals surface area contributed by atoms with Crippen molar-refractivity contribution in [3.63, 3.8) is 0 Å². The molecule has 0 radical (unpaired) electrons. The molecule has 4 rings (SSSR count). The van der Waals surface area contributed by atoms with Crippen molar-refractivity contribution in [2.24, 2.45) is 0 Å². The molecule has 0 bridgehead atoms. The van der Waals surface area contributed by atoms with Crippen molar-refractivity contribution in [2.45, 2.75) is 22.4 Å². The molecule has 0 aliphatic carbocycles. The molecule has 2 aromatic rings. The Morgan fingerprint density at radius 1 is 1.03 bits per heavy atom. The monoisotopic (exact) mass is 605 g/mol. The zero-order valence-electron chi connectivity index (χ0n) is 21.4. The number of alkyl carbamates (subject to hydrolysis) is 1. The van der Waals surface area contributed by atoms with Gasteiger partial charge in [-0.05, 0) is 24.1 Å². The first-order valence-electron chi connectivity index (χ1n) is 11.6. The third kappa shape index (κ3) is 6.27. The SMILES string of the molecule is COC(=O)c1c(C2OC2c2c(CCNC(=O)OCC(Cl)(Cl)Cl)cc3c(c2OC)OCO3)ccc(OC)c1OC. The van der Waals surface area contributed by atoms with Gasteiger partial charge in [-0.2, -0.15) is 0 Å². The number of esters is 1. The lowest BCUT2D eigenvalue weighted by Crippen LogP contribution is -2.29. The number of alkyl halides is 3. The zero-order valence-corrected chi connectivity index (χ0v) is 23.7. The van der Waals surface area contributed by atoms with Crippen LogP contribution in [0.2, 0.25) is 0 Å². The summed E-state index contributed by atoms with van der Waals surface area (Å²) >= 11 is 16.9. The third-order valence-corrected chi connectivity index (χ3v) is 6.36. The second kappa shape index (κ2) is 12.0. The Balaban J connectivity index is 1.64. The molecule has 1 amide bonds. The highest BCUT2D eigenvalue weighted by atomic mass is 35.6. The lowest BCUT2D eigenvalue weighted by Gasteiger charge is -2.17. The average molecular weight is 607 g/mol. The molecule has 39 heavy (non-hydrogen) atoms. The van der Waals surface area contributed by atoms with E-state index in [1.807, 2.05) is 0 Å². The van der Waals surface area contributed by atoms with E-state index in [2.05, 4.69) is 5.32 Å². The second-order valence-electron chi connectivity index (χ2n) is 8.32. The van der Waals surface area contributed by atoms with Crippen molar-refractivity contribution in [2.75, 3.05) is 48.4 Å². The smallest absolute Gasteiger partial charge is 0.407 e. The van der Waals surface area contributed by atoms with E-state index in [1.165, 1.54) is 28.4 Å². The molecule has 1 fully saturated rings. The fourth-order valence-electron chi connectivity index (χ4n) is 4.36. The summed E-state index contributed by atoms with van der Waals surface area (Å²) in [5, 5.41) is 2.62. The lowest BCUT2D eigenvalue weighted by molar-refractivity contribution is 0.0594. The Bertz CT molecular complexity index is 1250. The fourth-order valence-corrected chi connectivity index (χ4v) is 4.52. The van der Waals surface area contributed by atoms with Gasteiger partial charge < -0.3 is 43.2 Å². The number of amides is 1. The van der Waals surface area contributed by atoms with Gasteiger partial charge in [0.05, 0.1) is 28.4 Å². The fraction of sp³-hybridized carbons (Fsp3) is 0.440. The number of fused-ring (bicyclic) bond motifs is 1. The summed E-state index contributed by atoms with van der Waals surface area (Å²) in [6.07, 6.45) is -1.48. The molecule has 2 atom stereocenters. The summed E-state index contributed by atoms with van der Waals surface area (Å²) in [7, 11) is 5.69. The maximum absolute atomic E-state index is 12.8. The summed E-state index contributed by atoms with van der Waals surface area (Å²) in [6.45, 7) is -0.207. The molecular weight excluding hydrogens is 581 g/mol. The Hall–Kier alpha value is -2.99. The van der Waals surface area contributed by atoms with Gasteiger partial charge in [-0.1, -0.05) is 40.9 Å². The van der Waals surface area contributed by atoms with E-state index in [1.54, 1.807) is 18.2 Å². The van der Waals surface area contributed by atoms with Gasteiger partial charge in [0.2, 0.25) is 16.3 Å². The van der Waals surface area contributed by atoms with Crippen molar-refractivity contribution in [3.8, 4) is 28.7 Å². The van der Waals surface area contributed by atoms with Gasteiger partial charge in [-0.25, -0.2) is 9.59 Å². The predicted octanol–water partition coefficient (Wildman–Crippen LogP) is 4.68. The van der Waals surface area contributed by atoms with Gasteiger partial charge in [-0.15, -0.1) is 0 Å². The number of nitrogens with one attached hydrogen (secondary N) is 1. The largest absolute Gasteiger partial charge is 0.493 e. The van der Waals surface area contributed by atoms with E-state index in [9.17, 15) is 9.59 Å². The van der Waals surface area contributed by atoms with Crippen molar-refractivity contribution >= 4 is 46.9 Å². The maximum atomic E-state index is 12.8. The average Bonchev–Trinajstić information content (AvgIpc) is 3.56. The Morgan fingerprint density at radius 2 is 1.77 bits per heavy atom. The van der Waals surface area contributed by atoms with E-state index < -0.39 is 34.7 Å². The van der Waals surface area contributed by atoms with Crippen LogP contribution in [0.1, 0.15) is 39.3 Å². The van der Waals surface area contributed by atoms with E-state index in [4.69, 9.17) is 72.7 Å². The van der Waals surface area contributed by atoms with E-state index in [-0.39, 0.29) is 24.7 Å². The normalized spacial score (nSPS) is 17.3. The Morgan fingerprint density at radius 3 is 2.41 bits per heavy atom. The highest BCUT2D eigenvalue weighted by molar-refractivity contribution is 6.67. The van der Waals surface area contributed by atoms with Gasteiger partial charge in [0.25, 0.3) is 0 Å². The van der Waals surface area contributed by atoms with Gasteiger partial charge >= 0.3 is 12.1 Å². The van der Waals surface area contributed by atoms with Crippen molar-refractivity contribution in [3.05, 3.63) is 40.5 Å². The van der Waals surface area contributed by atoms with Crippen LogP contribution in [0, 0.1) is 0 Å². The quantitative estimate of drug-likeness (QED) is 0.232. The molecule has 1 N–H and O–H groups in total. The molecule has 2 heterocycles. The minimum atomic E-state index is -1.72. The van der Waals surface area contributed by atoms with Crippen LogP contribution in [0.15, 0.2) is 18.2 Å². The summed E-state index contributed by atoms with van der Waals surface area (Å²) in [4.78, 5) is 24.8. The molecule has 14 heteroatoms. The number of epoxide rings is 1. The minimum absolute atomic E-state index is 0.0211. The van der Waals surface area contributed by atoms with Crippen LogP contribution in [0.4, 0.5) is 4.79 Å². The molecule has 2 aliphatic rings. The van der Waals surface area contributed by atoms with E-state index in [0.717, 1.165) is 5.56 Å².